The van der Waals surface area contributed by atoms with E-state index in [2.05, 4.69) is 86.4 Å². The van der Waals surface area contributed by atoms with Gasteiger partial charge in [-0.1, -0.05) is 136 Å². The lowest BCUT2D eigenvalue weighted by molar-refractivity contribution is -0.144. The predicted molar refractivity (Wildman–Crippen MR) is 237 cm³/mol. The molecule has 1 aromatic heterocycles. The van der Waals surface area contributed by atoms with Gasteiger partial charge in [0, 0.05) is 54.1 Å². The van der Waals surface area contributed by atoms with Crippen molar-refractivity contribution >= 4 is 34.7 Å². The van der Waals surface area contributed by atoms with Crippen molar-refractivity contribution in [1.82, 2.24) is 20.1 Å². The number of hydrogen-bond acceptors (Lipinski definition) is 7. The van der Waals surface area contributed by atoms with E-state index >= 15 is 0 Å². The number of ketones is 2. The Bertz CT molecular complexity index is 1180. The molecule has 1 saturated heterocycles. The monoisotopic (exact) mass is 793 g/mol. The second-order valence-corrected chi connectivity index (χ2v) is 17.6. The zero-order valence-electron chi connectivity index (χ0n) is 38.8. The molecule has 2 amide bonds. The fraction of sp³-hybridized carbons (Fsp3) is 0.848. The van der Waals surface area contributed by atoms with E-state index in [1.807, 2.05) is 51.9 Å². The predicted octanol–water partition coefficient (Wildman–Crippen LogP) is 11.6. The molecule has 9 heteroatoms. The first-order chi connectivity index (χ1) is 25.9. The molecule has 2 heterocycles. The minimum absolute atomic E-state index is 0.0165. The maximum absolute atomic E-state index is 14.3. The molecule has 1 aromatic rings. The largest absolute Gasteiger partial charge is 0.348 e. The summed E-state index contributed by atoms with van der Waals surface area (Å²) >= 11 is 1.49. The van der Waals surface area contributed by atoms with E-state index in [0.717, 1.165) is 50.1 Å². The van der Waals surface area contributed by atoms with E-state index in [-0.39, 0.29) is 77.0 Å². The van der Waals surface area contributed by atoms with E-state index in [0.29, 0.717) is 25.1 Å². The van der Waals surface area contributed by atoms with Crippen molar-refractivity contribution in [2.45, 2.75) is 205 Å². The van der Waals surface area contributed by atoms with Crippen LogP contribution >= 0.6 is 11.3 Å². The summed E-state index contributed by atoms with van der Waals surface area (Å²) in [6.45, 7) is 34.7. The molecule has 0 saturated carbocycles. The zero-order valence-corrected chi connectivity index (χ0v) is 39.7. The number of nitrogens with zero attached hydrogens (tertiary/aromatic N) is 3. The number of amides is 2. The van der Waals surface area contributed by atoms with Gasteiger partial charge < -0.3 is 10.2 Å². The number of Topliss-reactive ketones (excluding diaryl/α,β-unsaturated/α-hetero) is 2. The molecular formula is C46H88N4O4S. The Hall–Kier alpha value is -2.13. The molecule has 0 radical (unpaired) electrons. The second-order valence-electron chi connectivity index (χ2n) is 16.7. The Morgan fingerprint density at radius 2 is 1.42 bits per heavy atom. The molecule has 1 aliphatic heterocycles. The summed E-state index contributed by atoms with van der Waals surface area (Å²) in [6.07, 6.45) is 10.0. The second kappa shape index (κ2) is 30.9. The van der Waals surface area contributed by atoms with Gasteiger partial charge in [0.1, 0.15) is 11.5 Å². The molecule has 1 N–H and O–H groups in total. The van der Waals surface area contributed by atoms with Crippen molar-refractivity contribution in [3.05, 3.63) is 16.1 Å². The molecule has 0 aliphatic carbocycles. The number of piperidine rings is 1. The molecule has 322 valence electrons. The minimum atomic E-state index is -0.329. The average molecular weight is 793 g/mol. The standard InChI is InChI=1S/C37H64N4O4S.3C3H8/c1-12-25(8)29(21-33(42)31-17-15-16-18-40(31)11)37(45)41(14-3)32(23(4)5)20-27(10)36-39-30(22-46-36)35(44)38-28(13-2)19-26(9)34(43)24(6)7;3*1-3-2/h22-29,31-32H,12-21H2,1-11H3,(H,38,44);3*3H2,1-2H3/t25?,26-,27+,28-,29-,31+,32+;;;/m0.../s1. The lowest BCUT2D eigenvalue weighted by Gasteiger charge is -2.39. The fourth-order valence-electron chi connectivity index (χ4n) is 6.96. The van der Waals surface area contributed by atoms with Gasteiger partial charge in [0.25, 0.3) is 5.91 Å². The molecule has 1 aliphatic rings. The third-order valence-electron chi connectivity index (χ3n) is 10.3. The lowest BCUT2D eigenvalue weighted by atomic mass is 9.82. The Morgan fingerprint density at radius 1 is 0.855 bits per heavy atom. The van der Waals surface area contributed by atoms with Gasteiger partial charge in [0.15, 0.2) is 5.78 Å². The molecule has 2 rings (SSSR count). The fourth-order valence-corrected chi connectivity index (χ4v) is 7.83. The molecule has 0 aromatic carbocycles. The Morgan fingerprint density at radius 3 is 1.87 bits per heavy atom. The summed E-state index contributed by atoms with van der Waals surface area (Å²) < 4.78 is 0. The van der Waals surface area contributed by atoms with Crippen molar-refractivity contribution in [3.63, 3.8) is 0 Å². The van der Waals surface area contributed by atoms with E-state index in [1.54, 1.807) is 0 Å². The summed E-state index contributed by atoms with van der Waals surface area (Å²) in [5.41, 5.74) is 0.403. The summed E-state index contributed by atoms with van der Waals surface area (Å²) in [4.78, 5) is 62.3. The van der Waals surface area contributed by atoms with Gasteiger partial charge in [-0.05, 0) is 64.5 Å². The van der Waals surface area contributed by atoms with E-state index in [9.17, 15) is 19.2 Å². The molecule has 0 spiro atoms. The number of likely N-dealkylation sites (tertiary alicyclic amines) is 1. The summed E-state index contributed by atoms with van der Waals surface area (Å²) in [6, 6.07) is -0.192. The van der Waals surface area contributed by atoms with Gasteiger partial charge in [-0.3, -0.25) is 24.1 Å². The number of hydrogen-bond donors (Lipinski definition) is 1. The SMILES string of the molecule is CCC.CCC.CCC.CCC(C)[C@H](CC(=O)[C@H]1CCCCN1C)C(=O)N(CC)[C@H](C[C@@H](C)c1nc(C(=O)N[C@@H](CC)C[C@H](C)C(=O)C(C)C)cs1)C(C)C. The van der Waals surface area contributed by atoms with E-state index in [4.69, 9.17) is 4.98 Å². The number of likely N-dealkylation sites (N-methyl/N-ethyl adjacent to an activating group) is 1. The number of carbonyl (C=O) groups is 4. The van der Waals surface area contributed by atoms with Crippen LogP contribution in [-0.4, -0.2) is 76.4 Å². The average Bonchev–Trinajstić information content (AvgIpc) is 3.64. The van der Waals surface area contributed by atoms with Crippen molar-refractivity contribution in [3.8, 4) is 0 Å². The maximum atomic E-state index is 14.3. The van der Waals surface area contributed by atoms with Crippen molar-refractivity contribution in [2.24, 2.45) is 29.6 Å². The topological polar surface area (TPSA) is 99.7 Å². The smallest absolute Gasteiger partial charge is 0.270 e. The van der Waals surface area contributed by atoms with Gasteiger partial charge in [-0.15, -0.1) is 11.3 Å². The Kier molecular flexibility index (Phi) is 30.9. The van der Waals surface area contributed by atoms with Crippen LogP contribution in [0.3, 0.4) is 0 Å². The van der Waals surface area contributed by atoms with Crippen molar-refractivity contribution < 1.29 is 19.2 Å². The number of nitrogens with one attached hydrogen (secondary N) is 1. The number of aromatic nitrogens is 1. The van der Waals surface area contributed by atoms with Gasteiger partial charge in [-0.25, -0.2) is 4.98 Å². The highest BCUT2D eigenvalue weighted by Crippen LogP contribution is 2.32. The molecular weight excluding hydrogens is 705 g/mol. The summed E-state index contributed by atoms with van der Waals surface area (Å²) in [7, 11) is 2.03. The number of carbonyl (C=O) groups excluding carboxylic acids is 4. The van der Waals surface area contributed by atoms with Gasteiger partial charge >= 0.3 is 0 Å². The van der Waals surface area contributed by atoms with Crippen LogP contribution in [0, 0.1) is 29.6 Å². The van der Waals surface area contributed by atoms with Crippen LogP contribution < -0.4 is 5.32 Å². The quantitative estimate of drug-likeness (QED) is 0.150. The molecule has 8 nitrogen and oxygen atoms in total. The van der Waals surface area contributed by atoms with Crippen LogP contribution in [0.25, 0.3) is 0 Å². The lowest BCUT2D eigenvalue weighted by Crippen LogP contribution is -2.49. The Balaban J connectivity index is 0. The highest BCUT2D eigenvalue weighted by molar-refractivity contribution is 7.09. The van der Waals surface area contributed by atoms with E-state index in [1.165, 1.54) is 30.6 Å². The first kappa shape index (κ1) is 55.0. The van der Waals surface area contributed by atoms with Crippen molar-refractivity contribution in [2.75, 3.05) is 20.1 Å². The van der Waals surface area contributed by atoms with Crippen molar-refractivity contribution in [1.29, 1.82) is 0 Å². The number of thiazole rings is 1. The molecule has 0 bridgehead atoms. The van der Waals surface area contributed by atoms with Crippen LogP contribution in [0.15, 0.2) is 5.38 Å². The van der Waals surface area contributed by atoms with Crippen LogP contribution in [0.4, 0.5) is 0 Å². The van der Waals surface area contributed by atoms with Gasteiger partial charge in [-0.2, -0.15) is 0 Å². The van der Waals surface area contributed by atoms with Crippen LogP contribution in [0.1, 0.15) is 203 Å². The normalized spacial score (nSPS) is 17.5. The summed E-state index contributed by atoms with van der Waals surface area (Å²) in [5.74, 6) is 0.213. The van der Waals surface area contributed by atoms with Gasteiger partial charge in [0.05, 0.1) is 11.0 Å². The molecule has 1 fully saturated rings. The highest BCUT2D eigenvalue weighted by atomic mass is 32.1. The van der Waals surface area contributed by atoms with Gasteiger partial charge in [0.2, 0.25) is 5.91 Å². The molecule has 1 unspecified atom stereocenters. The maximum Gasteiger partial charge on any atom is 0.270 e. The summed E-state index contributed by atoms with van der Waals surface area (Å²) in [5, 5.41) is 5.80. The third kappa shape index (κ3) is 20.2. The van der Waals surface area contributed by atoms with Crippen LogP contribution in [0.5, 0.6) is 0 Å². The molecule has 7 atom stereocenters. The zero-order chi connectivity index (χ0) is 42.8. The first-order valence-corrected chi connectivity index (χ1v) is 23.1. The van der Waals surface area contributed by atoms with Crippen LogP contribution in [0.2, 0.25) is 0 Å². The van der Waals surface area contributed by atoms with E-state index < -0.39 is 0 Å². The van der Waals surface area contributed by atoms with Crippen LogP contribution in [-0.2, 0) is 14.4 Å². The number of rotatable bonds is 19. The highest BCUT2D eigenvalue weighted by Gasteiger charge is 2.37. The molecule has 55 heavy (non-hydrogen) atoms. The third-order valence-corrected chi connectivity index (χ3v) is 11.4. The first-order valence-electron chi connectivity index (χ1n) is 22.2. The Labute approximate surface area is 344 Å². The minimum Gasteiger partial charge on any atom is -0.348 e.